The van der Waals surface area contributed by atoms with E-state index in [9.17, 15) is 12.8 Å². The van der Waals surface area contributed by atoms with Crippen molar-refractivity contribution in [2.75, 3.05) is 32.0 Å². The molecular weight excluding hydrogens is 299 g/mol. The first-order valence-electron chi connectivity index (χ1n) is 6.73. The molecule has 8 heteroatoms. The Balaban J connectivity index is 2.10. The van der Waals surface area contributed by atoms with Crippen LogP contribution in [0.15, 0.2) is 23.1 Å². The van der Waals surface area contributed by atoms with Crippen LogP contribution in [-0.4, -0.2) is 50.2 Å². The van der Waals surface area contributed by atoms with Crippen LogP contribution in [0, 0.1) is 5.82 Å². The van der Waals surface area contributed by atoms with Crippen LogP contribution in [0.2, 0.25) is 0 Å². The number of aliphatic hydroxyl groups is 1. The second-order valence-electron chi connectivity index (χ2n) is 4.88. The largest absolute Gasteiger partial charge is 0.398 e. The number of hydrogen-bond donors (Lipinski definition) is 2. The number of nitrogens with zero attached hydrogens (tertiary/aromatic N) is 1. The third kappa shape index (κ3) is 3.70. The van der Waals surface area contributed by atoms with E-state index in [1.54, 1.807) is 0 Å². The Morgan fingerprint density at radius 2 is 2.05 bits per heavy atom. The summed E-state index contributed by atoms with van der Waals surface area (Å²) in [7, 11) is -3.80. The van der Waals surface area contributed by atoms with E-state index in [4.69, 9.17) is 15.6 Å². The number of aliphatic hydroxyl groups excluding tert-OH is 1. The zero-order chi connectivity index (χ0) is 15.5. The number of sulfonamides is 1. The predicted molar refractivity (Wildman–Crippen MR) is 75.6 cm³/mol. The van der Waals surface area contributed by atoms with Crippen LogP contribution in [0.3, 0.4) is 0 Å². The van der Waals surface area contributed by atoms with Crippen molar-refractivity contribution >= 4 is 15.7 Å². The summed E-state index contributed by atoms with van der Waals surface area (Å²) in [5, 5.41) is 8.70. The molecule has 21 heavy (non-hydrogen) atoms. The van der Waals surface area contributed by atoms with Crippen molar-refractivity contribution in [3.8, 4) is 0 Å². The van der Waals surface area contributed by atoms with Gasteiger partial charge in [-0.05, 0) is 31.0 Å². The van der Waals surface area contributed by atoms with E-state index in [-0.39, 0.29) is 43.0 Å². The maximum absolute atomic E-state index is 13.3. The van der Waals surface area contributed by atoms with Crippen molar-refractivity contribution in [1.29, 1.82) is 0 Å². The summed E-state index contributed by atoms with van der Waals surface area (Å²) in [6.45, 7) is 0.759. The van der Waals surface area contributed by atoms with Crippen molar-refractivity contribution in [2.24, 2.45) is 0 Å². The van der Waals surface area contributed by atoms with E-state index >= 15 is 0 Å². The average Bonchev–Trinajstić information content (AvgIpc) is 2.48. The lowest BCUT2D eigenvalue weighted by molar-refractivity contribution is 0.00319. The topological polar surface area (TPSA) is 92.9 Å². The minimum Gasteiger partial charge on any atom is -0.398 e. The van der Waals surface area contributed by atoms with Crippen LogP contribution in [0.4, 0.5) is 10.1 Å². The van der Waals surface area contributed by atoms with Crippen LogP contribution in [0.25, 0.3) is 0 Å². The van der Waals surface area contributed by atoms with E-state index < -0.39 is 15.8 Å². The molecule has 1 aromatic carbocycles. The number of rotatable bonds is 5. The quantitative estimate of drug-likeness (QED) is 0.774. The third-order valence-electron chi connectivity index (χ3n) is 3.44. The summed E-state index contributed by atoms with van der Waals surface area (Å²) in [5.41, 5.74) is 5.69. The zero-order valence-electron chi connectivity index (χ0n) is 11.5. The molecule has 1 aliphatic rings. The number of benzene rings is 1. The van der Waals surface area contributed by atoms with E-state index in [0.29, 0.717) is 12.8 Å². The van der Waals surface area contributed by atoms with Gasteiger partial charge in [0.2, 0.25) is 10.0 Å². The molecule has 0 unspecified atom stereocenters. The second-order valence-corrected chi connectivity index (χ2v) is 6.79. The lowest BCUT2D eigenvalue weighted by atomic mass is 10.1. The van der Waals surface area contributed by atoms with Crippen molar-refractivity contribution in [2.45, 2.75) is 23.8 Å². The Hall–Kier alpha value is -1.22. The second kappa shape index (κ2) is 6.69. The van der Waals surface area contributed by atoms with Crippen molar-refractivity contribution < 1.29 is 22.7 Å². The highest BCUT2D eigenvalue weighted by Gasteiger charge is 2.31. The standard InChI is InChI=1S/C13H19FN2O4S/c14-10-1-2-12(15)13(9-10)21(18,19)16-5-3-11(4-6-16)20-8-7-17/h1-2,9,11,17H,3-8,15H2. The summed E-state index contributed by atoms with van der Waals surface area (Å²) in [4.78, 5) is -0.197. The summed E-state index contributed by atoms with van der Waals surface area (Å²) >= 11 is 0. The fraction of sp³-hybridized carbons (Fsp3) is 0.538. The van der Waals surface area contributed by atoms with Gasteiger partial charge in [0.15, 0.2) is 0 Å². The van der Waals surface area contributed by atoms with Gasteiger partial charge in [0.1, 0.15) is 10.7 Å². The van der Waals surface area contributed by atoms with Crippen LogP contribution < -0.4 is 5.73 Å². The molecule has 1 aromatic rings. The SMILES string of the molecule is Nc1ccc(F)cc1S(=O)(=O)N1CCC(OCCO)CC1. The number of anilines is 1. The minimum absolute atomic E-state index is 0.0371. The maximum Gasteiger partial charge on any atom is 0.245 e. The number of piperidine rings is 1. The van der Waals surface area contributed by atoms with E-state index in [0.717, 1.165) is 12.1 Å². The van der Waals surface area contributed by atoms with Gasteiger partial charge in [-0.1, -0.05) is 0 Å². The molecule has 2 rings (SSSR count). The number of nitrogens with two attached hydrogens (primary N) is 1. The van der Waals surface area contributed by atoms with Gasteiger partial charge in [0, 0.05) is 13.1 Å². The van der Waals surface area contributed by atoms with Gasteiger partial charge >= 0.3 is 0 Å². The number of nitrogen functional groups attached to an aromatic ring is 1. The van der Waals surface area contributed by atoms with Crippen LogP contribution in [0.5, 0.6) is 0 Å². The molecule has 1 saturated heterocycles. The molecule has 1 aliphatic heterocycles. The summed E-state index contributed by atoms with van der Waals surface area (Å²) in [6, 6.07) is 3.32. The Morgan fingerprint density at radius 1 is 1.38 bits per heavy atom. The van der Waals surface area contributed by atoms with E-state index in [1.165, 1.54) is 10.4 Å². The first-order valence-corrected chi connectivity index (χ1v) is 8.17. The highest BCUT2D eigenvalue weighted by Crippen LogP contribution is 2.26. The molecule has 0 aromatic heterocycles. The number of hydrogen-bond acceptors (Lipinski definition) is 5. The molecule has 0 amide bonds. The Kier molecular flexibility index (Phi) is 5.15. The van der Waals surface area contributed by atoms with Gasteiger partial charge in [-0.3, -0.25) is 0 Å². The smallest absolute Gasteiger partial charge is 0.245 e. The molecule has 0 radical (unpaired) electrons. The summed E-state index contributed by atoms with van der Waals surface area (Å²) < 4.78 is 44.9. The van der Waals surface area contributed by atoms with Gasteiger partial charge in [-0.2, -0.15) is 4.31 Å². The molecule has 0 bridgehead atoms. The Bertz CT molecular complexity index is 586. The highest BCUT2D eigenvalue weighted by molar-refractivity contribution is 7.89. The molecule has 1 heterocycles. The first kappa shape index (κ1) is 16.2. The van der Waals surface area contributed by atoms with Gasteiger partial charge in [-0.15, -0.1) is 0 Å². The van der Waals surface area contributed by atoms with Gasteiger partial charge in [-0.25, -0.2) is 12.8 Å². The normalized spacial score (nSPS) is 18.0. The Morgan fingerprint density at radius 3 is 2.67 bits per heavy atom. The van der Waals surface area contributed by atoms with Gasteiger partial charge in [0.25, 0.3) is 0 Å². The maximum atomic E-state index is 13.3. The van der Waals surface area contributed by atoms with Crippen LogP contribution in [0.1, 0.15) is 12.8 Å². The predicted octanol–water partition coefficient (Wildman–Crippen LogP) is 0.570. The summed E-state index contributed by atoms with van der Waals surface area (Å²) in [5.74, 6) is -0.635. The zero-order valence-corrected chi connectivity index (χ0v) is 12.4. The van der Waals surface area contributed by atoms with E-state index in [1.807, 2.05) is 0 Å². The Labute approximate surface area is 123 Å². The molecule has 118 valence electrons. The van der Waals surface area contributed by atoms with Crippen LogP contribution >= 0.6 is 0 Å². The van der Waals surface area contributed by atoms with Gasteiger partial charge in [0.05, 0.1) is 25.0 Å². The molecule has 0 atom stereocenters. The monoisotopic (exact) mass is 318 g/mol. The van der Waals surface area contributed by atoms with Crippen LogP contribution in [-0.2, 0) is 14.8 Å². The average molecular weight is 318 g/mol. The molecular formula is C13H19FN2O4S. The number of halogens is 1. The lowest BCUT2D eigenvalue weighted by Crippen LogP contribution is -2.41. The summed E-state index contributed by atoms with van der Waals surface area (Å²) in [6.07, 6.45) is 1.01. The van der Waals surface area contributed by atoms with Crippen molar-refractivity contribution in [1.82, 2.24) is 4.31 Å². The molecule has 6 nitrogen and oxygen atoms in total. The highest BCUT2D eigenvalue weighted by atomic mass is 32.2. The van der Waals surface area contributed by atoms with Crippen molar-refractivity contribution in [3.63, 3.8) is 0 Å². The molecule has 0 saturated carbocycles. The fourth-order valence-corrected chi connectivity index (χ4v) is 3.93. The van der Waals surface area contributed by atoms with Crippen molar-refractivity contribution in [3.05, 3.63) is 24.0 Å². The fourth-order valence-electron chi connectivity index (χ4n) is 2.33. The van der Waals surface area contributed by atoms with E-state index in [2.05, 4.69) is 0 Å². The molecule has 1 fully saturated rings. The number of ether oxygens (including phenoxy) is 1. The first-order chi connectivity index (χ1) is 9.95. The van der Waals surface area contributed by atoms with Gasteiger partial charge < -0.3 is 15.6 Å². The molecule has 0 spiro atoms. The minimum atomic E-state index is -3.80. The molecule has 3 N–H and O–H groups in total. The third-order valence-corrected chi connectivity index (χ3v) is 5.39. The lowest BCUT2D eigenvalue weighted by Gasteiger charge is -2.31. The molecule has 0 aliphatic carbocycles.